The molecule has 2 aliphatic heterocycles. The molecule has 0 aromatic carbocycles. The van der Waals surface area contributed by atoms with Gasteiger partial charge in [0.1, 0.15) is 0 Å². The summed E-state index contributed by atoms with van der Waals surface area (Å²) in [6, 6.07) is 0. The zero-order chi connectivity index (χ0) is 12.5. The fourth-order valence-electron chi connectivity index (χ4n) is 2.96. The first-order valence-electron chi connectivity index (χ1n) is 6.39. The van der Waals surface area contributed by atoms with Crippen molar-refractivity contribution in [2.75, 3.05) is 32.7 Å². The molecule has 6 heteroatoms. The standard InChI is InChI=1S/C12H21F3N2.ClH/c1-11(4-5-16-8-11)9-17-6-2-10(3-7-17)12(13,14)15;/h10,16H,2-9H2,1H3;1H. The number of nitrogens with one attached hydrogen (secondary N) is 1. The lowest BCUT2D eigenvalue weighted by Gasteiger charge is -2.37. The Bertz CT molecular complexity index is 257. The molecule has 2 nitrogen and oxygen atoms in total. The highest BCUT2D eigenvalue weighted by Crippen LogP contribution is 2.35. The van der Waals surface area contributed by atoms with E-state index in [0.717, 1.165) is 26.1 Å². The van der Waals surface area contributed by atoms with Crippen LogP contribution in [0.3, 0.4) is 0 Å². The minimum atomic E-state index is -4.00. The predicted octanol–water partition coefficient (Wildman–Crippen LogP) is 2.68. The Balaban J connectivity index is 0.00000162. The molecule has 0 saturated carbocycles. The summed E-state index contributed by atoms with van der Waals surface area (Å²) < 4.78 is 37.6. The zero-order valence-electron chi connectivity index (χ0n) is 10.7. The summed E-state index contributed by atoms with van der Waals surface area (Å²) in [7, 11) is 0. The van der Waals surface area contributed by atoms with E-state index >= 15 is 0 Å². The van der Waals surface area contributed by atoms with Gasteiger partial charge in [0.25, 0.3) is 0 Å². The summed E-state index contributed by atoms with van der Waals surface area (Å²) in [5.74, 6) is -1.08. The molecular weight excluding hydrogens is 265 g/mol. The van der Waals surface area contributed by atoms with Gasteiger partial charge < -0.3 is 10.2 Å². The first-order chi connectivity index (χ1) is 7.89. The highest BCUT2D eigenvalue weighted by Gasteiger charge is 2.42. The number of alkyl halides is 3. The number of hydrogen-bond donors (Lipinski definition) is 1. The fourth-order valence-corrected chi connectivity index (χ4v) is 2.96. The molecule has 0 amide bonds. The Hall–Kier alpha value is 0. The Labute approximate surface area is 113 Å². The van der Waals surface area contributed by atoms with Crippen LogP contribution >= 0.6 is 12.4 Å². The second-order valence-corrected chi connectivity index (χ2v) is 5.83. The van der Waals surface area contributed by atoms with Crippen LogP contribution in [0, 0.1) is 11.3 Å². The minimum Gasteiger partial charge on any atom is -0.316 e. The van der Waals surface area contributed by atoms with E-state index in [1.54, 1.807) is 0 Å². The van der Waals surface area contributed by atoms with E-state index in [4.69, 9.17) is 0 Å². The van der Waals surface area contributed by atoms with Gasteiger partial charge in [0.15, 0.2) is 0 Å². The van der Waals surface area contributed by atoms with Crippen LogP contribution in [0.25, 0.3) is 0 Å². The maximum absolute atomic E-state index is 12.5. The molecular formula is C12H22ClF3N2. The van der Waals surface area contributed by atoms with Gasteiger partial charge in [-0.05, 0) is 44.3 Å². The predicted molar refractivity (Wildman–Crippen MR) is 68.1 cm³/mol. The lowest BCUT2D eigenvalue weighted by Crippen LogP contribution is -2.44. The SMILES string of the molecule is CC1(CN2CCC(C(F)(F)F)CC2)CCNC1.Cl. The summed E-state index contributed by atoms with van der Waals surface area (Å²) >= 11 is 0. The van der Waals surface area contributed by atoms with Gasteiger partial charge in [0, 0.05) is 13.1 Å². The summed E-state index contributed by atoms with van der Waals surface area (Å²) in [6.45, 7) is 6.38. The average Bonchev–Trinajstić information content (AvgIpc) is 2.64. The highest BCUT2D eigenvalue weighted by atomic mass is 35.5. The van der Waals surface area contributed by atoms with Gasteiger partial charge >= 0.3 is 6.18 Å². The smallest absolute Gasteiger partial charge is 0.316 e. The van der Waals surface area contributed by atoms with E-state index in [1.165, 1.54) is 0 Å². The molecule has 2 fully saturated rings. The van der Waals surface area contributed by atoms with Gasteiger partial charge in [-0.1, -0.05) is 6.92 Å². The monoisotopic (exact) mass is 286 g/mol. The molecule has 2 saturated heterocycles. The Morgan fingerprint density at radius 1 is 1.28 bits per heavy atom. The maximum atomic E-state index is 12.5. The largest absolute Gasteiger partial charge is 0.391 e. The van der Waals surface area contributed by atoms with Crippen molar-refractivity contribution in [1.29, 1.82) is 0 Å². The third-order valence-electron chi connectivity index (χ3n) is 4.11. The lowest BCUT2D eigenvalue weighted by molar-refractivity contribution is -0.185. The van der Waals surface area contributed by atoms with E-state index in [9.17, 15) is 13.2 Å². The van der Waals surface area contributed by atoms with Gasteiger partial charge in [0.05, 0.1) is 5.92 Å². The van der Waals surface area contributed by atoms with Gasteiger partial charge in [-0.2, -0.15) is 13.2 Å². The van der Waals surface area contributed by atoms with Crippen molar-refractivity contribution in [2.45, 2.75) is 32.4 Å². The topological polar surface area (TPSA) is 15.3 Å². The summed E-state index contributed by atoms with van der Waals surface area (Å²) in [5.41, 5.74) is 0.255. The van der Waals surface area contributed by atoms with Crippen LogP contribution in [0.4, 0.5) is 13.2 Å². The van der Waals surface area contributed by atoms with Crippen molar-refractivity contribution in [2.24, 2.45) is 11.3 Å². The third-order valence-corrected chi connectivity index (χ3v) is 4.11. The molecule has 0 aromatic rings. The molecule has 2 rings (SSSR count). The van der Waals surface area contributed by atoms with Crippen molar-refractivity contribution in [3.05, 3.63) is 0 Å². The molecule has 0 aliphatic carbocycles. The molecule has 2 heterocycles. The summed E-state index contributed by atoms with van der Waals surface area (Å²) in [4.78, 5) is 2.20. The van der Waals surface area contributed by atoms with Crippen LogP contribution in [0.2, 0.25) is 0 Å². The van der Waals surface area contributed by atoms with Crippen molar-refractivity contribution in [3.63, 3.8) is 0 Å². The first-order valence-corrected chi connectivity index (χ1v) is 6.39. The van der Waals surface area contributed by atoms with Gasteiger partial charge in [-0.3, -0.25) is 0 Å². The maximum Gasteiger partial charge on any atom is 0.391 e. The lowest BCUT2D eigenvalue weighted by atomic mass is 9.87. The quantitative estimate of drug-likeness (QED) is 0.840. The van der Waals surface area contributed by atoms with Crippen LogP contribution in [0.1, 0.15) is 26.2 Å². The van der Waals surface area contributed by atoms with Gasteiger partial charge in [0.2, 0.25) is 0 Å². The Kier molecular flexibility index (Phi) is 5.32. The van der Waals surface area contributed by atoms with Crippen LogP contribution in [0.5, 0.6) is 0 Å². The van der Waals surface area contributed by atoms with E-state index in [2.05, 4.69) is 17.1 Å². The van der Waals surface area contributed by atoms with E-state index in [0.29, 0.717) is 13.1 Å². The molecule has 2 aliphatic rings. The number of hydrogen-bond acceptors (Lipinski definition) is 2. The number of halogens is 4. The van der Waals surface area contributed by atoms with Gasteiger partial charge in [-0.15, -0.1) is 12.4 Å². The van der Waals surface area contributed by atoms with Crippen LogP contribution < -0.4 is 5.32 Å². The van der Waals surface area contributed by atoms with Crippen LogP contribution in [0.15, 0.2) is 0 Å². The zero-order valence-corrected chi connectivity index (χ0v) is 11.5. The van der Waals surface area contributed by atoms with Crippen molar-refractivity contribution < 1.29 is 13.2 Å². The number of piperidine rings is 1. The molecule has 0 aromatic heterocycles. The number of nitrogens with zero attached hydrogens (tertiary/aromatic N) is 1. The van der Waals surface area contributed by atoms with E-state index < -0.39 is 12.1 Å². The second-order valence-electron chi connectivity index (χ2n) is 5.83. The average molecular weight is 287 g/mol. The molecule has 108 valence electrons. The van der Waals surface area contributed by atoms with Gasteiger partial charge in [-0.25, -0.2) is 0 Å². The van der Waals surface area contributed by atoms with E-state index in [1.807, 2.05) is 0 Å². The van der Waals surface area contributed by atoms with Crippen molar-refractivity contribution in [3.8, 4) is 0 Å². The Morgan fingerprint density at radius 3 is 2.33 bits per heavy atom. The third kappa shape index (κ3) is 4.00. The molecule has 18 heavy (non-hydrogen) atoms. The van der Waals surface area contributed by atoms with Crippen molar-refractivity contribution in [1.82, 2.24) is 10.2 Å². The molecule has 1 atom stereocenters. The molecule has 1 N–H and O–H groups in total. The molecule has 1 unspecified atom stereocenters. The highest BCUT2D eigenvalue weighted by molar-refractivity contribution is 5.85. The first kappa shape index (κ1) is 16.1. The summed E-state index contributed by atoms with van der Waals surface area (Å²) in [6.07, 6.45) is -2.32. The van der Waals surface area contributed by atoms with E-state index in [-0.39, 0.29) is 30.7 Å². The van der Waals surface area contributed by atoms with Crippen LogP contribution in [-0.2, 0) is 0 Å². The number of likely N-dealkylation sites (tertiary alicyclic amines) is 1. The molecule has 0 bridgehead atoms. The number of rotatable bonds is 2. The second kappa shape index (κ2) is 5.97. The fraction of sp³-hybridized carbons (Fsp3) is 1.00. The summed E-state index contributed by atoms with van der Waals surface area (Å²) in [5, 5.41) is 3.33. The molecule has 0 radical (unpaired) electrons. The Morgan fingerprint density at radius 2 is 1.89 bits per heavy atom. The molecule has 0 spiro atoms. The minimum absolute atomic E-state index is 0. The van der Waals surface area contributed by atoms with Crippen LogP contribution in [-0.4, -0.2) is 43.8 Å². The normalized spacial score (nSPS) is 31.3. The van der Waals surface area contributed by atoms with Crippen molar-refractivity contribution >= 4 is 12.4 Å².